The molecular formula is C19H28ClN. The highest BCUT2D eigenvalue weighted by atomic mass is 35.5. The third-order valence-electron chi connectivity index (χ3n) is 5.49. The summed E-state index contributed by atoms with van der Waals surface area (Å²) in [6.45, 7) is 5.96. The van der Waals surface area contributed by atoms with Crippen molar-refractivity contribution >= 4 is 11.6 Å². The summed E-state index contributed by atoms with van der Waals surface area (Å²) in [5.74, 6) is 0.671. The molecule has 1 atom stereocenters. The predicted octanol–water partition coefficient (Wildman–Crippen LogP) is 5.32. The van der Waals surface area contributed by atoms with Crippen LogP contribution in [0, 0.1) is 5.41 Å². The monoisotopic (exact) mass is 305 g/mol. The second-order valence-corrected chi connectivity index (χ2v) is 8.20. The van der Waals surface area contributed by atoms with Crippen LogP contribution in [0.25, 0.3) is 0 Å². The molecule has 0 radical (unpaired) electrons. The molecule has 2 heteroatoms. The van der Waals surface area contributed by atoms with Crippen molar-refractivity contribution in [2.45, 2.75) is 70.8 Å². The summed E-state index contributed by atoms with van der Waals surface area (Å²) < 4.78 is 0. The first-order valence-corrected chi connectivity index (χ1v) is 8.93. The number of hydrogen-bond acceptors (Lipinski definition) is 1. The molecule has 3 rings (SSSR count). The SMILES string of the molecule is CC1(C)CCC(c2ccc(CC3CCCN3)cc2Cl)CC1. The van der Waals surface area contributed by atoms with Gasteiger partial charge in [0.25, 0.3) is 0 Å². The van der Waals surface area contributed by atoms with Gasteiger partial charge in [-0.25, -0.2) is 0 Å². The molecule has 1 aromatic carbocycles. The Morgan fingerprint density at radius 2 is 1.95 bits per heavy atom. The number of benzene rings is 1. The molecule has 116 valence electrons. The van der Waals surface area contributed by atoms with Crippen molar-refractivity contribution in [1.29, 1.82) is 0 Å². The normalized spacial score (nSPS) is 26.1. The minimum Gasteiger partial charge on any atom is -0.314 e. The number of rotatable bonds is 3. The highest BCUT2D eigenvalue weighted by Crippen LogP contribution is 2.44. The highest BCUT2D eigenvalue weighted by molar-refractivity contribution is 6.31. The minimum atomic E-state index is 0.525. The van der Waals surface area contributed by atoms with E-state index in [9.17, 15) is 0 Å². The molecule has 1 heterocycles. The first-order valence-electron chi connectivity index (χ1n) is 8.55. The fraction of sp³-hybridized carbons (Fsp3) is 0.684. The maximum absolute atomic E-state index is 6.60. The molecule has 1 nitrogen and oxygen atoms in total. The van der Waals surface area contributed by atoms with Gasteiger partial charge in [-0.05, 0) is 80.0 Å². The van der Waals surface area contributed by atoms with Crippen LogP contribution in [0.15, 0.2) is 18.2 Å². The Kier molecular flexibility index (Phi) is 4.61. The molecular weight excluding hydrogens is 278 g/mol. The molecule has 0 bridgehead atoms. The summed E-state index contributed by atoms with van der Waals surface area (Å²) >= 11 is 6.60. The summed E-state index contributed by atoms with van der Waals surface area (Å²) in [7, 11) is 0. The van der Waals surface area contributed by atoms with Gasteiger partial charge < -0.3 is 5.32 Å². The fourth-order valence-corrected chi connectivity index (χ4v) is 4.31. The molecule has 1 aliphatic carbocycles. The number of halogens is 1. The van der Waals surface area contributed by atoms with Crippen molar-refractivity contribution in [2.24, 2.45) is 5.41 Å². The van der Waals surface area contributed by atoms with E-state index in [1.54, 1.807) is 0 Å². The summed E-state index contributed by atoms with van der Waals surface area (Å²) in [4.78, 5) is 0. The van der Waals surface area contributed by atoms with Crippen molar-refractivity contribution in [3.8, 4) is 0 Å². The van der Waals surface area contributed by atoms with E-state index < -0.39 is 0 Å². The van der Waals surface area contributed by atoms with E-state index in [1.807, 2.05) is 0 Å². The highest BCUT2D eigenvalue weighted by Gasteiger charge is 2.28. The van der Waals surface area contributed by atoms with Crippen molar-refractivity contribution in [1.82, 2.24) is 5.32 Å². The Hall–Kier alpha value is -0.530. The van der Waals surface area contributed by atoms with Crippen molar-refractivity contribution in [2.75, 3.05) is 6.54 Å². The van der Waals surface area contributed by atoms with Gasteiger partial charge in [0.15, 0.2) is 0 Å². The van der Waals surface area contributed by atoms with Gasteiger partial charge in [-0.2, -0.15) is 0 Å². The third-order valence-corrected chi connectivity index (χ3v) is 5.82. The second-order valence-electron chi connectivity index (χ2n) is 7.79. The lowest BCUT2D eigenvalue weighted by Gasteiger charge is -2.34. The zero-order valence-corrected chi connectivity index (χ0v) is 14.2. The number of nitrogens with one attached hydrogen (secondary N) is 1. The number of hydrogen-bond donors (Lipinski definition) is 1. The van der Waals surface area contributed by atoms with E-state index in [-0.39, 0.29) is 0 Å². The van der Waals surface area contributed by atoms with Gasteiger partial charge in [0.05, 0.1) is 0 Å². The van der Waals surface area contributed by atoms with Crippen LogP contribution in [0.3, 0.4) is 0 Å². The minimum absolute atomic E-state index is 0.525. The van der Waals surface area contributed by atoms with Gasteiger partial charge in [-0.3, -0.25) is 0 Å². The van der Waals surface area contributed by atoms with Gasteiger partial charge in [0.2, 0.25) is 0 Å². The molecule has 1 saturated carbocycles. The standard InChI is InChI=1S/C19H28ClN/c1-19(2)9-7-15(8-10-19)17-6-5-14(13-18(17)20)12-16-4-3-11-21-16/h5-6,13,15-16,21H,3-4,7-12H2,1-2H3. The third kappa shape index (κ3) is 3.81. The molecule has 1 unspecified atom stereocenters. The predicted molar refractivity (Wildman–Crippen MR) is 91.2 cm³/mol. The largest absolute Gasteiger partial charge is 0.314 e. The van der Waals surface area contributed by atoms with E-state index >= 15 is 0 Å². The van der Waals surface area contributed by atoms with Crippen LogP contribution in [-0.4, -0.2) is 12.6 Å². The molecule has 1 aromatic rings. The van der Waals surface area contributed by atoms with Crippen LogP contribution < -0.4 is 5.32 Å². The molecule has 1 saturated heterocycles. The maximum Gasteiger partial charge on any atom is 0.0443 e. The van der Waals surface area contributed by atoms with Gasteiger partial charge in [-0.15, -0.1) is 0 Å². The Bertz CT molecular complexity index is 478. The molecule has 2 aliphatic rings. The fourth-order valence-electron chi connectivity index (χ4n) is 3.95. The van der Waals surface area contributed by atoms with Crippen LogP contribution in [0.2, 0.25) is 5.02 Å². The Morgan fingerprint density at radius 3 is 2.57 bits per heavy atom. The maximum atomic E-state index is 6.60. The van der Waals surface area contributed by atoms with E-state index in [0.29, 0.717) is 17.4 Å². The average molecular weight is 306 g/mol. The molecule has 21 heavy (non-hydrogen) atoms. The second kappa shape index (κ2) is 6.30. The molecule has 0 amide bonds. The van der Waals surface area contributed by atoms with Crippen molar-refractivity contribution < 1.29 is 0 Å². The average Bonchev–Trinajstić information content (AvgIpc) is 2.93. The molecule has 0 aromatic heterocycles. The van der Waals surface area contributed by atoms with Crippen LogP contribution in [0.1, 0.15) is 69.4 Å². The van der Waals surface area contributed by atoms with Crippen molar-refractivity contribution in [3.63, 3.8) is 0 Å². The van der Waals surface area contributed by atoms with Crippen molar-refractivity contribution in [3.05, 3.63) is 34.3 Å². The van der Waals surface area contributed by atoms with Gasteiger partial charge in [0.1, 0.15) is 0 Å². The first-order chi connectivity index (χ1) is 10.0. The van der Waals surface area contributed by atoms with E-state index in [1.165, 1.54) is 56.2 Å². The smallest absolute Gasteiger partial charge is 0.0443 e. The van der Waals surface area contributed by atoms with E-state index in [0.717, 1.165) is 11.4 Å². The molecule has 2 fully saturated rings. The molecule has 1 N–H and O–H groups in total. The van der Waals surface area contributed by atoms with Crippen LogP contribution in [0.4, 0.5) is 0 Å². The Balaban J connectivity index is 1.66. The summed E-state index contributed by atoms with van der Waals surface area (Å²) in [5.41, 5.74) is 3.30. The van der Waals surface area contributed by atoms with Crippen LogP contribution >= 0.6 is 11.6 Å². The lowest BCUT2D eigenvalue weighted by Crippen LogP contribution is -2.23. The van der Waals surface area contributed by atoms with Crippen LogP contribution in [0.5, 0.6) is 0 Å². The Labute approximate surface area is 134 Å². The lowest BCUT2D eigenvalue weighted by atomic mass is 9.71. The topological polar surface area (TPSA) is 12.0 Å². The molecule has 0 spiro atoms. The zero-order valence-electron chi connectivity index (χ0n) is 13.4. The van der Waals surface area contributed by atoms with Gasteiger partial charge in [0, 0.05) is 11.1 Å². The Morgan fingerprint density at radius 1 is 1.19 bits per heavy atom. The van der Waals surface area contributed by atoms with Gasteiger partial charge in [-0.1, -0.05) is 37.6 Å². The van der Waals surface area contributed by atoms with Gasteiger partial charge >= 0.3 is 0 Å². The zero-order chi connectivity index (χ0) is 14.9. The van der Waals surface area contributed by atoms with E-state index in [4.69, 9.17) is 11.6 Å². The summed E-state index contributed by atoms with van der Waals surface area (Å²) in [6.07, 6.45) is 8.96. The molecule has 1 aliphatic heterocycles. The summed E-state index contributed by atoms with van der Waals surface area (Å²) in [6, 6.07) is 7.48. The first kappa shape index (κ1) is 15.4. The lowest BCUT2D eigenvalue weighted by molar-refractivity contribution is 0.224. The summed E-state index contributed by atoms with van der Waals surface area (Å²) in [5, 5.41) is 4.56. The quantitative estimate of drug-likeness (QED) is 0.797. The van der Waals surface area contributed by atoms with Crippen LogP contribution in [-0.2, 0) is 6.42 Å². The van der Waals surface area contributed by atoms with E-state index in [2.05, 4.69) is 37.4 Å².